The molecule has 1 heterocycles. The van der Waals surface area contributed by atoms with Crippen LogP contribution in [0.1, 0.15) is 46.2 Å². The number of thiazole rings is 1. The summed E-state index contributed by atoms with van der Waals surface area (Å²) < 4.78 is 26.8. The third-order valence-electron chi connectivity index (χ3n) is 2.69. The van der Waals surface area contributed by atoms with Crippen molar-refractivity contribution in [2.45, 2.75) is 51.8 Å². The van der Waals surface area contributed by atoms with Gasteiger partial charge in [-0.05, 0) is 12.8 Å². The van der Waals surface area contributed by atoms with Gasteiger partial charge in [0.25, 0.3) is 0 Å². The van der Waals surface area contributed by atoms with Crippen molar-refractivity contribution >= 4 is 26.5 Å². The van der Waals surface area contributed by atoms with Crippen LogP contribution in [-0.2, 0) is 10.0 Å². The molecule has 0 aliphatic heterocycles. The number of aromatic nitrogens is 1. The normalized spacial score (nSPS) is 14.1. The van der Waals surface area contributed by atoms with Crippen LogP contribution in [0.25, 0.3) is 0 Å². The van der Waals surface area contributed by atoms with E-state index in [1.165, 1.54) is 11.3 Å². The predicted molar refractivity (Wildman–Crippen MR) is 81.3 cm³/mol. The summed E-state index contributed by atoms with van der Waals surface area (Å²) in [4.78, 5) is 4.28. The zero-order valence-corrected chi connectivity index (χ0v) is 13.7. The number of hydrogen-bond donors (Lipinski definition) is 2. The maximum Gasteiger partial charge on any atom is 0.238 e. The molecule has 0 saturated heterocycles. The Morgan fingerprint density at radius 1 is 1.26 bits per heavy atom. The van der Waals surface area contributed by atoms with Gasteiger partial charge in [0.1, 0.15) is 0 Å². The van der Waals surface area contributed by atoms with E-state index in [0.717, 1.165) is 5.69 Å². The Morgan fingerprint density at radius 2 is 1.89 bits per heavy atom. The molecular formula is C12H23N3O2S2. The predicted octanol–water partition coefficient (Wildman–Crippen LogP) is 2.39. The van der Waals surface area contributed by atoms with Gasteiger partial charge in [0, 0.05) is 18.0 Å². The number of rotatable bonds is 7. The molecule has 1 atom stereocenters. The van der Waals surface area contributed by atoms with Crippen LogP contribution in [0.2, 0.25) is 0 Å². The lowest BCUT2D eigenvalue weighted by Crippen LogP contribution is -2.37. The van der Waals surface area contributed by atoms with Crippen LogP contribution in [0.3, 0.4) is 0 Å². The van der Waals surface area contributed by atoms with E-state index in [4.69, 9.17) is 0 Å². The van der Waals surface area contributed by atoms with Gasteiger partial charge in [0.2, 0.25) is 10.0 Å². The van der Waals surface area contributed by atoms with Crippen molar-refractivity contribution in [3.05, 3.63) is 11.1 Å². The van der Waals surface area contributed by atoms with E-state index < -0.39 is 15.3 Å². The summed E-state index contributed by atoms with van der Waals surface area (Å²) >= 11 is 1.32. The molecule has 110 valence electrons. The second-order valence-corrected chi connectivity index (χ2v) is 8.21. The van der Waals surface area contributed by atoms with Gasteiger partial charge in [0.15, 0.2) is 5.13 Å². The second kappa shape index (κ2) is 6.67. The van der Waals surface area contributed by atoms with E-state index in [9.17, 15) is 8.42 Å². The highest BCUT2D eigenvalue weighted by Gasteiger charge is 2.22. The Kier molecular flexibility index (Phi) is 5.76. The highest BCUT2D eigenvalue weighted by atomic mass is 32.2. The van der Waals surface area contributed by atoms with Crippen LogP contribution in [0.15, 0.2) is 5.38 Å². The minimum atomic E-state index is -3.39. The highest BCUT2D eigenvalue weighted by molar-refractivity contribution is 7.93. The average Bonchev–Trinajstić information content (AvgIpc) is 2.73. The van der Waals surface area contributed by atoms with Crippen molar-refractivity contribution in [2.75, 3.05) is 11.3 Å². The molecule has 0 amide bonds. The maximum absolute atomic E-state index is 12.1. The Bertz CT molecular complexity index is 495. The SMILES string of the molecule is CC(C)NCC(C)S(=O)(=O)Nc1nc(C(C)C)cs1. The molecule has 1 rings (SSSR count). The molecule has 0 saturated carbocycles. The highest BCUT2D eigenvalue weighted by Crippen LogP contribution is 2.22. The first-order valence-corrected chi connectivity index (χ1v) is 8.85. The van der Waals surface area contributed by atoms with E-state index in [-0.39, 0.29) is 6.04 Å². The van der Waals surface area contributed by atoms with E-state index in [1.807, 2.05) is 33.1 Å². The molecule has 0 bridgehead atoms. The van der Waals surface area contributed by atoms with Crippen molar-refractivity contribution in [2.24, 2.45) is 0 Å². The molecule has 0 spiro atoms. The minimum Gasteiger partial charge on any atom is -0.313 e. The first kappa shape index (κ1) is 16.4. The maximum atomic E-state index is 12.1. The van der Waals surface area contributed by atoms with Gasteiger partial charge >= 0.3 is 0 Å². The number of nitrogens with one attached hydrogen (secondary N) is 2. The summed E-state index contributed by atoms with van der Waals surface area (Å²) in [6.45, 7) is 10.2. The van der Waals surface area contributed by atoms with Crippen molar-refractivity contribution in [1.82, 2.24) is 10.3 Å². The monoisotopic (exact) mass is 305 g/mol. The van der Waals surface area contributed by atoms with Gasteiger partial charge < -0.3 is 5.32 Å². The third kappa shape index (κ3) is 5.08. The molecule has 2 N–H and O–H groups in total. The summed E-state index contributed by atoms with van der Waals surface area (Å²) in [5.41, 5.74) is 0.913. The minimum absolute atomic E-state index is 0.269. The Hall–Kier alpha value is -0.660. The number of hydrogen-bond acceptors (Lipinski definition) is 5. The van der Waals surface area contributed by atoms with E-state index >= 15 is 0 Å². The Labute approximate surface area is 119 Å². The number of anilines is 1. The van der Waals surface area contributed by atoms with Crippen molar-refractivity contribution in [3.8, 4) is 0 Å². The van der Waals surface area contributed by atoms with Crippen molar-refractivity contribution in [1.29, 1.82) is 0 Å². The van der Waals surface area contributed by atoms with Crippen LogP contribution >= 0.6 is 11.3 Å². The molecule has 0 radical (unpaired) electrons. The molecule has 1 aromatic heterocycles. The number of nitrogens with zero attached hydrogens (tertiary/aromatic N) is 1. The van der Waals surface area contributed by atoms with Gasteiger partial charge in [-0.25, -0.2) is 13.4 Å². The first-order valence-electron chi connectivity index (χ1n) is 6.42. The van der Waals surface area contributed by atoms with Gasteiger partial charge in [-0.15, -0.1) is 11.3 Å². The molecule has 0 aromatic carbocycles. The molecule has 5 nitrogen and oxygen atoms in total. The van der Waals surface area contributed by atoms with Gasteiger partial charge in [0.05, 0.1) is 10.9 Å². The standard InChI is InChI=1S/C12H23N3O2S2/c1-8(2)11-7-18-12(14-11)15-19(16,17)10(5)6-13-9(3)4/h7-10,13H,6H2,1-5H3,(H,14,15). The topological polar surface area (TPSA) is 71.1 Å². The van der Waals surface area contributed by atoms with Gasteiger partial charge in [-0.3, -0.25) is 4.72 Å². The molecule has 0 fully saturated rings. The summed E-state index contributed by atoms with van der Waals surface area (Å²) in [6, 6.07) is 0.269. The zero-order chi connectivity index (χ0) is 14.6. The number of sulfonamides is 1. The molecule has 0 aliphatic rings. The summed E-state index contributed by atoms with van der Waals surface area (Å²) in [6.07, 6.45) is 0. The van der Waals surface area contributed by atoms with E-state index in [1.54, 1.807) is 6.92 Å². The second-order valence-electron chi connectivity index (χ2n) is 5.25. The molecule has 0 aliphatic carbocycles. The molecule has 19 heavy (non-hydrogen) atoms. The fraction of sp³-hybridized carbons (Fsp3) is 0.750. The molecular weight excluding hydrogens is 282 g/mol. The van der Waals surface area contributed by atoms with Crippen LogP contribution in [0.4, 0.5) is 5.13 Å². The Morgan fingerprint density at radius 3 is 2.37 bits per heavy atom. The third-order valence-corrected chi connectivity index (χ3v) is 5.30. The van der Waals surface area contributed by atoms with Crippen LogP contribution in [0, 0.1) is 0 Å². The van der Waals surface area contributed by atoms with E-state index in [0.29, 0.717) is 17.6 Å². The summed E-state index contributed by atoms with van der Waals surface area (Å²) in [5.74, 6) is 0.300. The largest absolute Gasteiger partial charge is 0.313 e. The smallest absolute Gasteiger partial charge is 0.238 e. The van der Waals surface area contributed by atoms with Crippen LogP contribution in [0.5, 0.6) is 0 Å². The quantitative estimate of drug-likeness (QED) is 0.811. The van der Waals surface area contributed by atoms with Crippen LogP contribution < -0.4 is 10.0 Å². The lowest BCUT2D eigenvalue weighted by molar-refractivity contribution is 0.553. The summed E-state index contributed by atoms with van der Waals surface area (Å²) in [7, 11) is -3.39. The lowest BCUT2D eigenvalue weighted by Gasteiger charge is -2.15. The molecule has 7 heteroatoms. The fourth-order valence-corrected chi connectivity index (χ4v) is 3.39. The van der Waals surface area contributed by atoms with Crippen molar-refractivity contribution in [3.63, 3.8) is 0 Å². The van der Waals surface area contributed by atoms with E-state index in [2.05, 4.69) is 15.0 Å². The van der Waals surface area contributed by atoms with Crippen molar-refractivity contribution < 1.29 is 8.42 Å². The van der Waals surface area contributed by atoms with Gasteiger partial charge in [-0.2, -0.15) is 0 Å². The summed E-state index contributed by atoms with van der Waals surface area (Å²) in [5, 5.41) is 4.96. The lowest BCUT2D eigenvalue weighted by atomic mass is 10.2. The Balaban J connectivity index is 2.67. The average molecular weight is 305 g/mol. The fourth-order valence-electron chi connectivity index (χ4n) is 1.33. The van der Waals surface area contributed by atoms with Gasteiger partial charge in [-0.1, -0.05) is 27.7 Å². The van der Waals surface area contributed by atoms with Crippen LogP contribution in [-0.4, -0.2) is 31.2 Å². The zero-order valence-electron chi connectivity index (χ0n) is 12.1. The molecule has 1 aromatic rings. The molecule has 1 unspecified atom stereocenters. The first-order chi connectivity index (χ1) is 8.72.